The van der Waals surface area contributed by atoms with Crippen LogP contribution < -0.4 is 10.0 Å². The van der Waals surface area contributed by atoms with Crippen LogP contribution in [0.1, 0.15) is 28.7 Å². The molecule has 1 aliphatic rings. The number of fused-ring (bicyclic) bond motifs is 1. The maximum Gasteiger partial charge on any atom is 0.271 e. The second-order valence-corrected chi connectivity index (χ2v) is 9.04. The van der Waals surface area contributed by atoms with E-state index < -0.39 is 10.0 Å². The second-order valence-electron chi connectivity index (χ2n) is 6.10. The lowest BCUT2D eigenvalue weighted by Gasteiger charge is -2.26. The predicted molar refractivity (Wildman–Crippen MR) is 99.9 cm³/mol. The first-order valence-corrected chi connectivity index (χ1v) is 10.8. The highest BCUT2D eigenvalue weighted by Gasteiger charge is 2.28. The molecule has 0 saturated carbocycles. The molecule has 2 aromatic heterocycles. The molecular formula is C16H21N5O4S2. The van der Waals surface area contributed by atoms with Gasteiger partial charge in [0.1, 0.15) is 4.21 Å². The summed E-state index contributed by atoms with van der Waals surface area (Å²) in [5.41, 5.74) is 1.86. The molecule has 0 saturated heterocycles. The second kappa shape index (κ2) is 7.79. The van der Waals surface area contributed by atoms with Gasteiger partial charge in [0.2, 0.25) is 15.9 Å². The number of hydrogen-bond donors (Lipinski definition) is 2. The van der Waals surface area contributed by atoms with Gasteiger partial charge in [-0.25, -0.2) is 13.1 Å². The summed E-state index contributed by atoms with van der Waals surface area (Å²) in [6, 6.07) is 3.22. The molecule has 0 aromatic carbocycles. The van der Waals surface area contributed by atoms with Crippen molar-refractivity contribution in [2.45, 2.75) is 30.6 Å². The lowest BCUT2D eigenvalue weighted by atomic mass is 10.0. The number of carbonyl (C=O) groups is 2. The normalized spacial score (nSPS) is 14.1. The Bertz CT molecular complexity index is 950. The Morgan fingerprint density at radius 2 is 2.15 bits per heavy atom. The molecule has 0 fully saturated rings. The van der Waals surface area contributed by atoms with Gasteiger partial charge >= 0.3 is 0 Å². The molecule has 2 amide bonds. The zero-order valence-electron chi connectivity index (χ0n) is 15.1. The van der Waals surface area contributed by atoms with Crippen LogP contribution >= 0.6 is 11.3 Å². The van der Waals surface area contributed by atoms with Crippen molar-refractivity contribution >= 4 is 33.2 Å². The van der Waals surface area contributed by atoms with Gasteiger partial charge in [-0.1, -0.05) is 6.07 Å². The van der Waals surface area contributed by atoms with E-state index in [1.165, 1.54) is 14.0 Å². The van der Waals surface area contributed by atoms with Crippen LogP contribution in [0.15, 0.2) is 21.7 Å². The highest BCUT2D eigenvalue weighted by Crippen LogP contribution is 2.23. The van der Waals surface area contributed by atoms with Crippen molar-refractivity contribution in [2.75, 3.05) is 20.1 Å². The molecule has 2 aromatic rings. The smallest absolute Gasteiger partial charge is 0.271 e. The minimum absolute atomic E-state index is 0.0556. The average Bonchev–Trinajstić information content (AvgIpc) is 3.29. The summed E-state index contributed by atoms with van der Waals surface area (Å²) < 4.78 is 28.9. The van der Waals surface area contributed by atoms with Gasteiger partial charge in [-0.05, 0) is 11.4 Å². The fraction of sp³-hybridized carbons (Fsp3) is 0.438. The van der Waals surface area contributed by atoms with Gasteiger partial charge in [0.25, 0.3) is 5.91 Å². The minimum atomic E-state index is -3.55. The van der Waals surface area contributed by atoms with E-state index in [-0.39, 0.29) is 28.3 Å². The van der Waals surface area contributed by atoms with Crippen LogP contribution in [-0.2, 0) is 34.3 Å². The van der Waals surface area contributed by atoms with Crippen LogP contribution in [0.25, 0.3) is 0 Å². The van der Waals surface area contributed by atoms with E-state index in [4.69, 9.17) is 0 Å². The van der Waals surface area contributed by atoms with Crippen molar-refractivity contribution in [1.82, 2.24) is 24.7 Å². The van der Waals surface area contributed by atoms with Crippen LogP contribution in [0, 0.1) is 0 Å². The Morgan fingerprint density at radius 1 is 1.37 bits per heavy atom. The summed E-state index contributed by atoms with van der Waals surface area (Å²) in [6.07, 6.45) is 0.566. The van der Waals surface area contributed by atoms with E-state index in [0.717, 1.165) is 22.6 Å². The number of amides is 2. The first-order chi connectivity index (χ1) is 12.8. The number of rotatable bonds is 6. The maximum absolute atomic E-state index is 12.2. The standard InChI is InChI=1S/C16H21N5O4S2/c1-11(22)20-7-5-13-12(10-20)15(16(23)17-2)19-21(13)8-6-18-27(24,25)14-4-3-9-26-14/h3-4,9,18H,5-8,10H2,1-2H3,(H,17,23). The first kappa shape index (κ1) is 19.5. The quantitative estimate of drug-likeness (QED) is 0.704. The van der Waals surface area contributed by atoms with Gasteiger partial charge in [0, 0.05) is 51.3 Å². The van der Waals surface area contributed by atoms with Gasteiger partial charge in [0.15, 0.2) is 5.69 Å². The average molecular weight is 412 g/mol. The molecule has 3 heterocycles. The summed E-state index contributed by atoms with van der Waals surface area (Å²) in [5, 5.41) is 8.64. The summed E-state index contributed by atoms with van der Waals surface area (Å²) in [4.78, 5) is 25.5. The molecule has 2 N–H and O–H groups in total. The lowest BCUT2D eigenvalue weighted by Crippen LogP contribution is -2.36. The van der Waals surface area contributed by atoms with E-state index in [9.17, 15) is 18.0 Å². The zero-order chi connectivity index (χ0) is 19.6. The Labute approximate surface area is 161 Å². The molecule has 3 rings (SSSR count). The SMILES string of the molecule is CNC(=O)c1nn(CCNS(=O)(=O)c2cccs2)c2c1CN(C(C)=O)CC2. The Balaban J connectivity index is 1.78. The summed E-state index contributed by atoms with van der Waals surface area (Å²) >= 11 is 1.15. The lowest BCUT2D eigenvalue weighted by molar-refractivity contribution is -0.129. The highest BCUT2D eigenvalue weighted by molar-refractivity contribution is 7.91. The van der Waals surface area contributed by atoms with Gasteiger partial charge in [-0.3, -0.25) is 14.3 Å². The van der Waals surface area contributed by atoms with Crippen molar-refractivity contribution in [3.05, 3.63) is 34.5 Å². The van der Waals surface area contributed by atoms with E-state index in [1.54, 1.807) is 27.1 Å². The number of aromatic nitrogens is 2. The molecule has 146 valence electrons. The van der Waals surface area contributed by atoms with Crippen LogP contribution in [0.2, 0.25) is 0 Å². The Kier molecular flexibility index (Phi) is 5.63. The number of nitrogens with zero attached hydrogens (tertiary/aromatic N) is 3. The molecule has 0 aliphatic carbocycles. The number of hydrogen-bond acceptors (Lipinski definition) is 6. The maximum atomic E-state index is 12.2. The van der Waals surface area contributed by atoms with E-state index in [2.05, 4.69) is 15.1 Å². The van der Waals surface area contributed by atoms with E-state index in [1.807, 2.05) is 0 Å². The van der Waals surface area contributed by atoms with Crippen molar-refractivity contribution in [1.29, 1.82) is 0 Å². The largest absolute Gasteiger partial charge is 0.354 e. The third kappa shape index (κ3) is 4.04. The molecule has 0 radical (unpaired) electrons. The van der Waals surface area contributed by atoms with E-state index >= 15 is 0 Å². The van der Waals surface area contributed by atoms with Gasteiger partial charge in [-0.15, -0.1) is 11.3 Å². The number of sulfonamides is 1. The van der Waals surface area contributed by atoms with E-state index in [0.29, 0.717) is 26.1 Å². The third-order valence-electron chi connectivity index (χ3n) is 4.40. The number of nitrogens with one attached hydrogen (secondary N) is 2. The third-order valence-corrected chi connectivity index (χ3v) is 7.26. The fourth-order valence-corrected chi connectivity index (χ4v) is 5.08. The molecular weight excluding hydrogens is 390 g/mol. The molecule has 0 unspecified atom stereocenters. The number of carbonyl (C=O) groups excluding carboxylic acids is 2. The molecule has 9 nitrogen and oxygen atoms in total. The Hall–Kier alpha value is -2.24. The van der Waals surface area contributed by atoms with Crippen LogP contribution in [0.5, 0.6) is 0 Å². The van der Waals surface area contributed by atoms with Crippen LogP contribution in [0.4, 0.5) is 0 Å². The Morgan fingerprint density at radius 3 is 2.78 bits per heavy atom. The molecule has 0 spiro atoms. The van der Waals surface area contributed by atoms with Crippen LogP contribution in [0.3, 0.4) is 0 Å². The molecule has 11 heteroatoms. The van der Waals surface area contributed by atoms with Crippen molar-refractivity contribution < 1.29 is 18.0 Å². The molecule has 1 aliphatic heterocycles. The van der Waals surface area contributed by atoms with Crippen molar-refractivity contribution in [3.63, 3.8) is 0 Å². The first-order valence-electron chi connectivity index (χ1n) is 8.43. The zero-order valence-corrected chi connectivity index (χ0v) is 16.7. The van der Waals surface area contributed by atoms with Gasteiger partial charge in [0.05, 0.1) is 6.54 Å². The monoisotopic (exact) mass is 411 g/mol. The molecule has 0 bridgehead atoms. The van der Waals surface area contributed by atoms with Crippen molar-refractivity contribution in [3.8, 4) is 0 Å². The summed E-state index contributed by atoms with van der Waals surface area (Å²) in [7, 11) is -2.03. The van der Waals surface area contributed by atoms with Gasteiger partial charge < -0.3 is 10.2 Å². The van der Waals surface area contributed by atoms with Crippen LogP contribution in [-0.4, -0.2) is 55.0 Å². The van der Waals surface area contributed by atoms with Crippen molar-refractivity contribution in [2.24, 2.45) is 0 Å². The topological polar surface area (TPSA) is 113 Å². The summed E-state index contributed by atoms with van der Waals surface area (Å²) in [6.45, 7) is 2.81. The highest BCUT2D eigenvalue weighted by atomic mass is 32.2. The summed E-state index contributed by atoms with van der Waals surface area (Å²) in [5.74, 6) is -0.380. The molecule has 27 heavy (non-hydrogen) atoms. The van der Waals surface area contributed by atoms with Gasteiger partial charge in [-0.2, -0.15) is 5.10 Å². The number of thiophene rings is 1. The predicted octanol–water partition coefficient (Wildman–Crippen LogP) is 0.187. The fourth-order valence-electron chi connectivity index (χ4n) is 3.02. The molecule has 0 atom stereocenters. The minimum Gasteiger partial charge on any atom is -0.354 e.